The molecule has 0 N–H and O–H groups in total. The fourth-order valence-electron chi connectivity index (χ4n) is 3.66. The number of carbonyl (C=O) groups is 1. The lowest BCUT2D eigenvalue weighted by molar-refractivity contribution is -0.116. The van der Waals surface area contributed by atoms with E-state index in [1.807, 2.05) is 23.1 Å². The van der Waals surface area contributed by atoms with E-state index in [1.54, 1.807) is 23.1 Å². The molecule has 0 spiro atoms. The topological polar surface area (TPSA) is 46.1 Å². The normalized spacial score (nSPS) is 16.1. The molecule has 3 aromatic rings. The lowest BCUT2D eigenvalue weighted by atomic mass is 10.2. The lowest BCUT2D eigenvalue weighted by Crippen LogP contribution is -2.30. The van der Waals surface area contributed by atoms with E-state index >= 15 is 0 Å². The van der Waals surface area contributed by atoms with Gasteiger partial charge in [0.25, 0.3) is 0 Å². The van der Waals surface area contributed by atoms with Crippen molar-refractivity contribution in [2.45, 2.75) is 44.1 Å². The van der Waals surface area contributed by atoms with E-state index in [9.17, 15) is 4.79 Å². The fourth-order valence-corrected chi connectivity index (χ4v) is 5.73. The predicted octanol–water partition coefficient (Wildman–Crippen LogP) is 4.87. The van der Waals surface area contributed by atoms with Crippen LogP contribution in [0.15, 0.2) is 29.3 Å². The van der Waals surface area contributed by atoms with Crippen molar-refractivity contribution in [1.82, 2.24) is 9.97 Å². The first-order valence-electron chi connectivity index (χ1n) is 9.40. The third-order valence-corrected chi connectivity index (χ3v) is 7.54. The highest BCUT2D eigenvalue weighted by molar-refractivity contribution is 8.00. The van der Waals surface area contributed by atoms with Gasteiger partial charge < -0.3 is 4.90 Å². The molecule has 1 saturated carbocycles. The highest BCUT2D eigenvalue weighted by Crippen LogP contribution is 2.42. The summed E-state index contributed by atoms with van der Waals surface area (Å²) in [4.78, 5) is 26.9. The number of nitrogens with zero attached hydrogens (tertiary/aromatic N) is 3. The van der Waals surface area contributed by atoms with Crippen LogP contribution >= 0.6 is 23.1 Å². The minimum absolute atomic E-state index is 0.161. The number of thioether (sulfide) groups is 1. The number of hydrogen-bond donors (Lipinski definition) is 0. The fraction of sp³-hybridized carbons (Fsp3) is 0.381. The molecule has 0 bridgehead atoms. The van der Waals surface area contributed by atoms with Crippen LogP contribution < -0.4 is 4.90 Å². The van der Waals surface area contributed by atoms with Gasteiger partial charge in [0.05, 0.1) is 5.75 Å². The Labute approximate surface area is 167 Å². The minimum atomic E-state index is 0.161. The third-order valence-electron chi connectivity index (χ3n) is 5.48. The quantitative estimate of drug-likeness (QED) is 0.467. The van der Waals surface area contributed by atoms with E-state index in [2.05, 4.69) is 19.9 Å². The highest BCUT2D eigenvalue weighted by atomic mass is 32.2. The molecule has 1 aliphatic carbocycles. The Morgan fingerprint density at radius 1 is 1.26 bits per heavy atom. The molecule has 3 heterocycles. The summed E-state index contributed by atoms with van der Waals surface area (Å²) in [5.41, 5.74) is 3.58. The van der Waals surface area contributed by atoms with Crippen LogP contribution in [0.1, 0.15) is 40.6 Å². The largest absolute Gasteiger partial charge is 0.311 e. The van der Waals surface area contributed by atoms with Crippen LogP contribution in [0.3, 0.4) is 0 Å². The number of aryl methyl sites for hydroxylation is 2. The van der Waals surface area contributed by atoms with Crippen molar-refractivity contribution >= 4 is 44.9 Å². The van der Waals surface area contributed by atoms with Crippen molar-refractivity contribution in [3.05, 3.63) is 46.1 Å². The summed E-state index contributed by atoms with van der Waals surface area (Å²) >= 11 is 3.31. The standard InChI is InChI=1S/C21H21N3OS2/c1-12-13(2)27-21-18(12)20(22-19(23-21)15-7-8-15)26-11-17(25)24-10-9-14-5-3-4-6-16(14)24/h3-6,15H,7-11H2,1-2H3. The molecule has 0 atom stereocenters. The molecule has 27 heavy (non-hydrogen) atoms. The number of hydrogen-bond acceptors (Lipinski definition) is 5. The maximum absolute atomic E-state index is 12.9. The van der Waals surface area contributed by atoms with Crippen molar-refractivity contribution in [3.8, 4) is 0 Å². The Bertz CT molecular complexity index is 1060. The average Bonchev–Trinajstić information content (AvgIpc) is 3.37. The van der Waals surface area contributed by atoms with E-state index in [4.69, 9.17) is 9.97 Å². The lowest BCUT2D eigenvalue weighted by Gasteiger charge is -2.17. The van der Waals surface area contributed by atoms with Gasteiger partial charge in [-0.2, -0.15) is 0 Å². The van der Waals surface area contributed by atoms with Crippen LogP contribution in [-0.2, 0) is 11.2 Å². The zero-order valence-corrected chi connectivity index (χ0v) is 17.1. The SMILES string of the molecule is Cc1sc2nc(C3CC3)nc(SCC(=O)N3CCc4ccccc43)c2c1C. The zero-order valence-electron chi connectivity index (χ0n) is 15.5. The molecular weight excluding hydrogens is 374 g/mol. The van der Waals surface area contributed by atoms with Crippen molar-refractivity contribution in [3.63, 3.8) is 0 Å². The Hall–Kier alpha value is -1.92. The van der Waals surface area contributed by atoms with Crippen molar-refractivity contribution in [2.75, 3.05) is 17.2 Å². The second kappa shape index (κ2) is 6.60. The number of fused-ring (bicyclic) bond motifs is 2. The predicted molar refractivity (Wildman–Crippen MR) is 112 cm³/mol. The second-order valence-electron chi connectivity index (χ2n) is 7.34. The van der Waals surface area contributed by atoms with Crippen molar-refractivity contribution in [1.29, 1.82) is 0 Å². The number of carbonyl (C=O) groups excluding carboxylic acids is 1. The summed E-state index contributed by atoms with van der Waals surface area (Å²) in [6, 6.07) is 8.21. The molecule has 2 aliphatic rings. The first kappa shape index (κ1) is 17.2. The summed E-state index contributed by atoms with van der Waals surface area (Å²) in [6.07, 6.45) is 3.31. The van der Waals surface area contributed by atoms with Gasteiger partial charge in [-0.1, -0.05) is 30.0 Å². The summed E-state index contributed by atoms with van der Waals surface area (Å²) in [7, 11) is 0. The van der Waals surface area contributed by atoms with E-state index in [0.29, 0.717) is 11.7 Å². The van der Waals surface area contributed by atoms with Crippen LogP contribution in [0.5, 0.6) is 0 Å². The highest BCUT2D eigenvalue weighted by Gasteiger charge is 2.29. The number of thiophene rings is 1. The number of benzene rings is 1. The van der Waals surface area contributed by atoms with Crippen LogP contribution in [0, 0.1) is 13.8 Å². The summed E-state index contributed by atoms with van der Waals surface area (Å²) < 4.78 is 0. The Balaban J connectivity index is 1.42. The molecule has 1 aliphatic heterocycles. The maximum Gasteiger partial charge on any atom is 0.237 e. The second-order valence-corrected chi connectivity index (χ2v) is 9.50. The summed E-state index contributed by atoms with van der Waals surface area (Å²) in [6.45, 7) is 5.05. The first-order valence-corrected chi connectivity index (χ1v) is 11.2. The van der Waals surface area contributed by atoms with Gasteiger partial charge in [0, 0.05) is 28.4 Å². The number of anilines is 1. The van der Waals surface area contributed by atoms with Crippen LogP contribution in [0.2, 0.25) is 0 Å². The van der Waals surface area contributed by atoms with E-state index in [-0.39, 0.29) is 5.91 Å². The Morgan fingerprint density at radius 3 is 2.89 bits per heavy atom. The number of amides is 1. The zero-order chi connectivity index (χ0) is 18.5. The van der Waals surface area contributed by atoms with Gasteiger partial charge in [-0.25, -0.2) is 9.97 Å². The van der Waals surface area contributed by atoms with Crippen LogP contribution in [-0.4, -0.2) is 28.2 Å². The Morgan fingerprint density at radius 2 is 2.07 bits per heavy atom. The van der Waals surface area contributed by atoms with Gasteiger partial charge >= 0.3 is 0 Å². The van der Waals surface area contributed by atoms with E-state index in [1.165, 1.54) is 28.8 Å². The van der Waals surface area contributed by atoms with Crippen LogP contribution in [0.25, 0.3) is 10.2 Å². The number of para-hydroxylation sites is 1. The van der Waals surface area contributed by atoms with Gasteiger partial charge in [0.15, 0.2) is 0 Å². The third kappa shape index (κ3) is 3.05. The molecule has 0 saturated heterocycles. The molecule has 2 aromatic heterocycles. The van der Waals surface area contributed by atoms with Crippen molar-refractivity contribution < 1.29 is 4.79 Å². The van der Waals surface area contributed by atoms with Gasteiger partial charge in [-0.3, -0.25) is 4.79 Å². The molecule has 4 nitrogen and oxygen atoms in total. The molecule has 0 radical (unpaired) electrons. The first-order chi connectivity index (χ1) is 13.1. The smallest absolute Gasteiger partial charge is 0.237 e. The maximum atomic E-state index is 12.9. The molecule has 1 aromatic carbocycles. The molecule has 138 valence electrons. The van der Waals surface area contributed by atoms with Gasteiger partial charge in [0.1, 0.15) is 15.7 Å². The van der Waals surface area contributed by atoms with Gasteiger partial charge in [0.2, 0.25) is 5.91 Å². The summed E-state index contributed by atoms with van der Waals surface area (Å²) in [5.74, 6) is 2.05. The van der Waals surface area contributed by atoms with E-state index < -0.39 is 0 Å². The van der Waals surface area contributed by atoms with Gasteiger partial charge in [-0.05, 0) is 50.3 Å². The van der Waals surface area contributed by atoms with Gasteiger partial charge in [-0.15, -0.1) is 11.3 Å². The molecular formula is C21H21N3OS2. The summed E-state index contributed by atoms with van der Waals surface area (Å²) in [5, 5.41) is 2.12. The monoisotopic (exact) mass is 395 g/mol. The molecule has 1 fully saturated rings. The molecule has 5 rings (SSSR count). The van der Waals surface area contributed by atoms with Crippen molar-refractivity contribution in [2.24, 2.45) is 0 Å². The Kier molecular flexibility index (Phi) is 4.20. The minimum Gasteiger partial charge on any atom is -0.311 e. The number of aromatic nitrogens is 2. The molecule has 6 heteroatoms. The van der Waals surface area contributed by atoms with Crippen LogP contribution in [0.4, 0.5) is 5.69 Å². The molecule has 1 amide bonds. The number of rotatable bonds is 4. The van der Waals surface area contributed by atoms with E-state index in [0.717, 1.165) is 39.7 Å². The molecule has 0 unspecified atom stereocenters. The average molecular weight is 396 g/mol.